The Morgan fingerprint density at radius 3 is 2.79 bits per heavy atom. The average molecular weight is 259 g/mol. The SMILES string of the molecule is Cc1ccc(CNc2ccc3c(c2)OCO3)cc1F. The second-order valence-electron chi connectivity index (χ2n) is 4.51. The van der Waals surface area contributed by atoms with Gasteiger partial charge in [0.1, 0.15) is 5.82 Å². The molecule has 1 N–H and O–H groups in total. The lowest BCUT2D eigenvalue weighted by Crippen LogP contribution is -2.00. The topological polar surface area (TPSA) is 30.5 Å². The number of benzene rings is 2. The van der Waals surface area contributed by atoms with Gasteiger partial charge in [0.05, 0.1) is 0 Å². The van der Waals surface area contributed by atoms with E-state index in [9.17, 15) is 4.39 Å². The van der Waals surface area contributed by atoms with Gasteiger partial charge in [-0.05, 0) is 36.2 Å². The van der Waals surface area contributed by atoms with E-state index in [1.165, 1.54) is 0 Å². The third-order valence-corrected chi connectivity index (χ3v) is 3.11. The molecule has 1 aliphatic heterocycles. The first-order valence-corrected chi connectivity index (χ1v) is 6.11. The largest absolute Gasteiger partial charge is 0.454 e. The first-order chi connectivity index (χ1) is 9.22. The number of hydrogen-bond donors (Lipinski definition) is 1. The highest BCUT2D eigenvalue weighted by molar-refractivity contribution is 5.55. The third kappa shape index (κ3) is 2.47. The molecule has 0 atom stereocenters. The maximum atomic E-state index is 13.4. The maximum absolute atomic E-state index is 13.4. The number of aryl methyl sites for hydroxylation is 1. The zero-order valence-electron chi connectivity index (χ0n) is 10.6. The minimum absolute atomic E-state index is 0.176. The van der Waals surface area contributed by atoms with Gasteiger partial charge in [0.25, 0.3) is 0 Å². The molecule has 3 nitrogen and oxygen atoms in total. The van der Waals surface area contributed by atoms with E-state index in [1.54, 1.807) is 19.1 Å². The molecule has 3 rings (SSSR count). The first-order valence-electron chi connectivity index (χ1n) is 6.11. The molecule has 98 valence electrons. The van der Waals surface area contributed by atoms with Crippen LogP contribution in [0.1, 0.15) is 11.1 Å². The summed E-state index contributed by atoms with van der Waals surface area (Å²) in [5.41, 5.74) is 2.48. The van der Waals surface area contributed by atoms with Crippen LogP contribution in [-0.2, 0) is 6.54 Å². The standard InChI is InChI=1S/C15H14FNO2/c1-10-2-3-11(6-13(10)16)8-17-12-4-5-14-15(7-12)19-9-18-14/h2-7,17H,8-9H2,1H3. The molecule has 0 saturated heterocycles. The van der Waals surface area contributed by atoms with Crippen molar-refractivity contribution in [3.63, 3.8) is 0 Å². The molecule has 0 amide bonds. The van der Waals surface area contributed by atoms with Crippen molar-refractivity contribution in [1.82, 2.24) is 0 Å². The number of nitrogens with one attached hydrogen (secondary N) is 1. The van der Waals surface area contributed by atoms with E-state index < -0.39 is 0 Å². The maximum Gasteiger partial charge on any atom is 0.231 e. The van der Waals surface area contributed by atoms with Crippen LogP contribution >= 0.6 is 0 Å². The van der Waals surface area contributed by atoms with Gasteiger partial charge in [-0.15, -0.1) is 0 Å². The van der Waals surface area contributed by atoms with Crippen LogP contribution < -0.4 is 14.8 Å². The van der Waals surface area contributed by atoms with Crippen LogP contribution in [0.25, 0.3) is 0 Å². The Morgan fingerprint density at radius 2 is 1.95 bits per heavy atom. The van der Waals surface area contributed by atoms with Crippen molar-refractivity contribution >= 4 is 5.69 Å². The van der Waals surface area contributed by atoms with Gasteiger partial charge in [0.15, 0.2) is 11.5 Å². The van der Waals surface area contributed by atoms with Gasteiger partial charge in [0.2, 0.25) is 6.79 Å². The van der Waals surface area contributed by atoms with Crippen LogP contribution in [0.15, 0.2) is 36.4 Å². The third-order valence-electron chi connectivity index (χ3n) is 3.11. The summed E-state index contributed by atoms with van der Waals surface area (Å²) >= 11 is 0. The summed E-state index contributed by atoms with van der Waals surface area (Å²) < 4.78 is 24.0. The summed E-state index contributed by atoms with van der Waals surface area (Å²) in [5, 5.41) is 3.24. The van der Waals surface area contributed by atoms with Gasteiger partial charge in [-0.1, -0.05) is 12.1 Å². The van der Waals surface area contributed by atoms with E-state index in [2.05, 4.69) is 5.32 Å². The highest BCUT2D eigenvalue weighted by atomic mass is 19.1. The lowest BCUT2D eigenvalue weighted by Gasteiger charge is -2.08. The second-order valence-corrected chi connectivity index (χ2v) is 4.51. The van der Waals surface area contributed by atoms with Crippen LogP contribution in [0.4, 0.5) is 10.1 Å². The molecule has 0 aliphatic carbocycles. The predicted octanol–water partition coefficient (Wildman–Crippen LogP) is 3.47. The zero-order chi connectivity index (χ0) is 13.2. The normalized spacial score (nSPS) is 12.5. The Kier molecular flexibility index (Phi) is 2.99. The van der Waals surface area contributed by atoms with Crippen molar-refractivity contribution in [2.75, 3.05) is 12.1 Å². The number of ether oxygens (including phenoxy) is 2. The van der Waals surface area contributed by atoms with Gasteiger partial charge < -0.3 is 14.8 Å². The number of fused-ring (bicyclic) bond motifs is 1. The van der Waals surface area contributed by atoms with Crippen molar-refractivity contribution in [2.24, 2.45) is 0 Å². The molecule has 0 spiro atoms. The zero-order valence-corrected chi connectivity index (χ0v) is 10.6. The lowest BCUT2D eigenvalue weighted by atomic mass is 10.1. The molecule has 0 saturated carbocycles. The summed E-state index contributed by atoms with van der Waals surface area (Å²) in [6.45, 7) is 2.59. The lowest BCUT2D eigenvalue weighted by molar-refractivity contribution is 0.174. The van der Waals surface area contributed by atoms with E-state index in [0.717, 1.165) is 22.7 Å². The Balaban J connectivity index is 1.70. The van der Waals surface area contributed by atoms with E-state index in [0.29, 0.717) is 12.1 Å². The smallest absolute Gasteiger partial charge is 0.231 e. The Morgan fingerprint density at radius 1 is 1.11 bits per heavy atom. The average Bonchev–Trinajstić information content (AvgIpc) is 2.87. The van der Waals surface area contributed by atoms with Gasteiger partial charge >= 0.3 is 0 Å². The van der Waals surface area contributed by atoms with Crippen molar-refractivity contribution in [1.29, 1.82) is 0 Å². The molecule has 0 fully saturated rings. The highest BCUT2D eigenvalue weighted by Crippen LogP contribution is 2.34. The number of anilines is 1. The molecular weight excluding hydrogens is 245 g/mol. The number of rotatable bonds is 3. The van der Waals surface area contributed by atoms with Crippen molar-refractivity contribution < 1.29 is 13.9 Å². The second kappa shape index (κ2) is 4.80. The fourth-order valence-corrected chi connectivity index (χ4v) is 1.96. The fourth-order valence-electron chi connectivity index (χ4n) is 1.96. The van der Waals surface area contributed by atoms with Crippen LogP contribution in [0.2, 0.25) is 0 Å². The molecule has 2 aromatic rings. The van der Waals surface area contributed by atoms with E-state index in [4.69, 9.17) is 9.47 Å². The molecule has 1 heterocycles. The molecule has 19 heavy (non-hydrogen) atoms. The van der Waals surface area contributed by atoms with Crippen LogP contribution in [0.5, 0.6) is 11.5 Å². The monoisotopic (exact) mass is 259 g/mol. The van der Waals surface area contributed by atoms with Crippen LogP contribution in [-0.4, -0.2) is 6.79 Å². The van der Waals surface area contributed by atoms with Crippen LogP contribution in [0, 0.1) is 12.7 Å². The molecule has 0 aromatic heterocycles. The van der Waals surface area contributed by atoms with Gasteiger partial charge in [-0.3, -0.25) is 0 Å². The molecule has 1 aliphatic rings. The quantitative estimate of drug-likeness (QED) is 0.915. The fraction of sp³-hybridized carbons (Fsp3) is 0.200. The van der Waals surface area contributed by atoms with Crippen molar-refractivity contribution in [2.45, 2.75) is 13.5 Å². The molecule has 0 unspecified atom stereocenters. The summed E-state index contributed by atoms with van der Waals surface area (Å²) in [6.07, 6.45) is 0. The highest BCUT2D eigenvalue weighted by Gasteiger charge is 2.12. The minimum Gasteiger partial charge on any atom is -0.454 e. The van der Waals surface area contributed by atoms with Crippen LogP contribution in [0.3, 0.4) is 0 Å². The molecule has 0 radical (unpaired) electrons. The van der Waals surface area contributed by atoms with Crippen molar-refractivity contribution in [3.05, 3.63) is 53.3 Å². The predicted molar refractivity (Wildman–Crippen MR) is 71.0 cm³/mol. The molecular formula is C15H14FNO2. The number of hydrogen-bond acceptors (Lipinski definition) is 3. The van der Waals surface area contributed by atoms with E-state index in [-0.39, 0.29) is 12.6 Å². The summed E-state index contributed by atoms with van der Waals surface area (Å²) in [4.78, 5) is 0. The van der Waals surface area contributed by atoms with E-state index >= 15 is 0 Å². The van der Waals surface area contributed by atoms with Gasteiger partial charge in [0, 0.05) is 18.3 Å². The minimum atomic E-state index is -0.176. The Bertz CT molecular complexity index is 613. The number of halogens is 1. The molecule has 2 aromatic carbocycles. The first kappa shape index (κ1) is 11.8. The molecule has 0 bridgehead atoms. The van der Waals surface area contributed by atoms with Crippen molar-refractivity contribution in [3.8, 4) is 11.5 Å². The Labute approximate surface area is 111 Å². The summed E-state index contributed by atoms with van der Waals surface area (Å²) in [6, 6.07) is 10.9. The molecule has 4 heteroatoms. The summed E-state index contributed by atoms with van der Waals surface area (Å²) in [5.74, 6) is 1.32. The van der Waals surface area contributed by atoms with E-state index in [1.807, 2.05) is 24.3 Å². The van der Waals surface area contributed by atoms with Gasteiger partial charge in [-0.2, -0.15) is 0 Å². The van der Waals surface area contributed by atoms with Gasteiger partial charge in [-0.25, -0.2) is 4.39 Å². The summed E-state index contributed by atoms with van der Waals surface area (Å²) in [7, 11) is 0. The Hall–Kier alpha value is -2.23.